The quantitative estimate of drug-likeness (QED) is 0.626. The normalized spacial score (nSPS) is 37.4. The van der Waals surface area contributed by atoms with Gasteiger partial charge in [-0.05, 0) is 12.8 Å². The molecule has 0 amide bonds. The van der Waals surface area contributed by atoms with Crippen LogP contribution >= 0.6 is 0 Å². The Morgan fingerprint density at radius 3 is 2.79 bits per heavy atom. The lowest BCUT2D eigenvalue weighted by Crippen LogP contribution is -2.42. The summed E-state index contributed by atoms with van der Waals surface area (Å²) in [5.74, 6) is -1.29. The SMILES string of the molecule is CCCCC1CC(N)CC1(O)C(=O)O. The maximum atomic E-state index is 10.9. The predicted molar refractivity (Wildman–Crippen MR) is 52.8 cm³/mol. The van der Waals surface area contributed by atoms with Crippen LogP contribution in [0.15, 0.2) is 0 Å². The number of unbranched alkanes of at least 4 members (excludes halogenated alkanes) is 1. The standard InChI is InChI=1S/C10H19NO3/c1-2-3-4-7-5-8(11)6-10(7,14)9(12)13/h7-8,14H,2-6,11H2,1H3,(H,12,13). The zero-order chi connectivity index (χ0) is 10.8. The van der Waals surface area contributed by atoms with Crippen molar-refractivity contribution in [3.05, 3.63) is 0 Å². The third kappa shape index (κ3) is 2.07. The van der Waals surface area contributed by atoms with E-state index < -0.39 is 11.6 Å². The predicted octanol–water partition coefficient (Wildman–Crippen LogP) is 0.730. The lowest BCUT2D eigenvalue weighted by molar-refractivity contribution is -0.162. The van der Waals surface area contributed by atoms with Crippen molar-refractivity contribution in [1.29, 1.82) is 0 Å². The molecule has 4 heteroatoms. The van der Waals surface area contributed by atoms with Gasteiger partial charge in [0.2, 0.25) is 0 Å². The highest BCUT2D eigenvalue weighted by Crippen LogP contribution is 2.38. The van der Waals surface area contributed by atoms with Gasteiger partial charge in [0.1, 0.15) is 0 Å². The van der Waals surface area contributed by atoms with Crippen molar-refractivity contribution in [3.8, 4) is 0 Å². The van der Waals surface area contributed by atoms with Crippen LogP contribution in [0.25, 0.3) is 0 Å². The first-order valence-corrected chi connectivity index (χ1v) is 5.22. The van der Waals surface area contributed by atoms with Crippen LogP contribution in [-0.2, 0) is 4.79 Å². The summed E-state index contributed by atoms with van der Waals surface area (Å²) in [6.45, 7) is 2.05. The highest BCUT2D eigenvalue weighted by atomic mass is 16.4. The van der Waals surface area contributed by atoms with E-state index in [1.165, 1.54) is 0 Å². The van der Waals surface area contributed by atoms with E-state index >= 15 is 0 Å². The van der Waals surface area contributed by atoms with Crippen LogP contribution in [-0.4, -0.2) is 27.8 Å². The van der Waals surface area contributed by atoms with E-state index in [4.69, 9.17) is 10.8 Å². The number of hydrogen-bond acceptors (Lipinski definition) is 3. The minimum Gasteiger partial charge on any atom is -0.479 e. The van der Waals surface area contributed by atoms with Crippen LogP contribution in [0.3, 0.4) is 0 Å². The van der Waals surface area contributed by atoms with Gasteiger partial charge in [0.05, 0.1) is 0 Å². The Balaban J connectivity index is 2.66. The number of carboxylic acid groups (broad SMARTS) is 1. The summed E-state index contributed by atoms with van der Waals surface area (Å²) in [7, 11) is 0. The van der Waals surface area contributed by atoms with Gasteiger partial charge in [-0.25, -0.2) is 4.79 Å². The van der Waals surface area contributed by atoms with Gasteiger partial charge in [-0.2, -0.15) is 0 Å². The fourth-order valence-electron chi connectivity index (χ4n) is 2.28. The molecule has 3 atom stereocenters. The summed E-state index contributed by atoms with van der Waals surface area (Å²) < 4.78 is 0. The number of aliphatic hydroxyl groups is 1. The maximum Gasteiger partial charge on any atom is 0.336 e. The maximum absolute atomic E-state index is 10.9. The minimum absolute atomic E-state index is 0.169. The third-order valence-corrected chi connectivity index (χ3v) is 3.11. The highest BCUT2D eigenvalue weighted by molar-refractivity contribution is 5.78. The third-order valence-electron chi connectivity index (χ3n) is 3.11. The molecule has 0 bridgehead atoms. The molecule has 0 aromatic carbocycles. The van der Waals surface area contributed by atoms with E-state index in [1.54, 1.807) is 0 Å². The Labute approximate surface area is 84.1 Å². The summed E-state index contributed by atoms with van der Waals surface area (Å²) in [4.78, 5) is 10.9. The summed E-state index contributed by atoms with van der Waals surface area (Å²) in [5, 5.41) is 18.9. The van der Waals surface area contributed by atoms with E-state index in [2.05, 4.69) is 6.92 Å². The van der Waals surface area contributed by atoms with Crippen molar-refractivity contribution in [2.75, 3.05) is 0 Å². The average Bonchev–Trinajstić information content (AvgIpc) is 2.39. The largest absolute Gasteiger partial charge is 0.479 e. The van der Waals surface area contributed by atoms with E-state index in [-0.39, 0.29) is 18.4 Å². The van der Waals surface area contributed by atoms with Crippen LogP contribution in [0.2, 0.25) is 0 Å². The number of nitrogens with two attached hydrogens (primary N) is 1. The molecule has 0 saturated heterocycles. The van der Waals surface area contributed by atoms with Crippen LogP contribution in [0, 0.1) is 5.92 Å². The van der Waals surface area contributed by atoms with E-state index in [1.807, 2.05) is 0 Å². The first-order valence-electron chi connectivity index (χ1n) is 5.22. The number of carboxylic acids is 1. The molecule has 3 unspecified atom stereocenters. The first kappa shape index (κ1) is 11.5. The molecule has 4 N–H and O–H groups in total. The van der Waals surface area contributed by atoms with Crippen molar-refractivity contribution < 1.29 is 15.0 Å². The average molecular weight is 201 g/mol. The second-order valence-corrected chi connectivity index (χ2v) is 4.27. The number of carbonyl (C=O) groups is 1. The van der Waals surface area contributed by atoms with Crippen LogP contribution < -0.4 is 5.73 Å². The molecule has 1 aliphatic rings. The van der Waals surface area contributed by atoms with Crippen molar-refractivity contribution in [3.63, 3.8) is 0 Å². The molecular formula is C10H19NO3. The summed E-state index contributed by atoms with van der Waals surface area (Å²) in [5.41, 5.74) is 4.11. The molecule has 4 nitrogen and oxygen atoms in total. The molecule has 0 aromatic heterocycles. The first-order chi connectivity index (χ1) is 6.50. The van der Waals surface area contributed by atoms with Gasteiger partial charge in [0, 0.05) is 18.4 Å². The van der Waals surface area contributed by atoms with Gasteiger partial charge in [-0.1, -0.05) is 19.8 Å². The molecule has 1 aliphatic carbocycles. The van der Waals surface area contributed by atoms with Crippen molar-refractivity contribution in [2.24, 2.45) is 11.7 Å². The lowest BCUT2D eigenvalue weighted by Gasteiger charge is -2.24. The molecule has 82 valence electrons. The minimum atomic E-state index is -1.57. The Kier molecular flexibility index (Phi) is 3.50. The highest BCUT2D eigenvalue weighted by Gasteiger charge is 2.50. The van der Waals surface area contributed by atoms with Crippen LogP contribution in [0.5, 0.6) is 0 Å². The van der Waals surface area contributed by atoms with E-state index in [0.717, 1.165) is 19.3 Å². The Morgan fingerprint density at radius 1 is 1.64 bits per heavy atom. The van der Waals surface area contributed by atoms with Gasteiger partial charge in [0.25, 0.3) is 0 Å². The van der Waals surface area contributed by atoms with Gasteiger partial charge < -0.3 is 15.9 Å². The Hall–Kier alpha value is -0.610. The molecule has 1 fully saturated rings. The molecule has 14 heavy (non-hydrogen) atoms. The second kappa shape index (κ2) is 4.28. The van der Waals surface area contributed by atoms with Gasteiger partial charge in [-0.15, -0.1) is 0 Å². The second-order valence-electron chi connectivity index (χ2n) is 4.27. The smallest absolute Gasteiger partial charge is 0.336 e. The number of hydrogen-bond donors (Lipinski definition) is 3. The molecule has 1 rings (SSSR count). The van der Waals surface area contributed by atoms with Crippen LogP contribution in [0.1, 0.15) is 39.0 Å². The van der Waals surface area contributed by atoms with E-state index in [9.17, 15) is 9.90 Å². The topological polar surface area (TPSA) is 83.5 Å². The number of aliphatic carboxylic acids is 1. The molecule has 1 saturated carbocycles. The zero-order valence-electron chi connectivity index (χ0n) is 8.57. The molecule has 0 aromatic rings. The van der Waals surface area contributed by atoms with Crippen molar-refractivity contribution in [2.45, 2.75) is 50.7 Å². The molecule has 0 aliphatic heterocycles. The van der Waals surface area contributed by atoms with Gasteiger partial charge in [-0.3, -0.25) is 0 Å². The van der Waals surface area contributed by atoms with Crippen molar-refractivity contribution in [1.82, 2.24) is 0 Å². The molecule has 0 radical (unpaired) electrons. The summed E-state index contributed by atoms with van der Waals surface area (Å²) in [6, 6.07) is -0.169. The molecule has 0 heterocycles. The lowest BCUT2D eigenvalue weighted by atomic mass is 9.87. The van der Waals surface area contributed by atoms with E-state index in [0.29, 0.717) is 6.42 Å². The van der Waals surface area contributed by atoms with Crippen LogP contribution in [0.4, 0.5) is 0 Å². The monoisotopic (exact) mass is 201 g/mol. The Morgan fingerprint density at radius 2 is 2.29 bits per heavy atom. The number of rotatable bonds is 4. The van der Waals surface area contributed by atoms with Crippen molar-refractivity contribution >= 4 is 5.97 Å². The molecular weight excluding hydrogens is 182 g/mol. The molecule has 0 spiro atoms. The van der Waals surface area contributed by atoms with Gasteiger partial charge in [0.15, 0.2) is 5.60 Å². The van der Waals surface area contributed by atoms with Gasteiger partial charge >= 0.3 is 5.97 Å². The fourth-order valence-corrected chi connectivity index (χ4v) is 2.28. The fraction of sp³-hybridized carbons (Fsp3) is 0.900. The summed E-state index contributed by atoms with van der Waals surface area (Å²) >= 11 is 0. The Bertz CT molecular complexity index is 219. The zero-order valence-corrected chi connectivity index (χ0v) is 8.57. The summed E-state index contributed by atoms with van der Waals surface area (Å²) in [6.07, 6.45) is 3.54.